The van der Waals surface area contributed by atoms with Crippen molar-refractivity contribution in [2.45, 2.75) is 13.3 Å². The van der Waals surface area contributed by atoms with E-state index in [-0.39, 0.29) is 12.2 Å². The Labute approximate surface area is 82.2 Å². The normalized spacial score (nSPS) is 10.7. The number of hydrogen-bond acceptors (Lipinski definition) is 1. The number of benzene rings is 1. The van der Waals surface area contributed by atoms with Crippen LogP contribution in [0, 0.1) is 12.7 Å². The highest BCUT2D eigenvalue weighted by Crippen LogP contribution is 2.11. The van der Waals surface area contributed by atoms with Gasteiger partial charge in [-0.2, -0.15) is 0 Å². The number of primary amides is 1. The van der Waals surface area contributed by atoms with Crippen LogP contribution in [0.25, 0.3) is 6.08 Å². The minimum Gasteiger partial charge on any atom is -0.369 e. The summed E-state index contributed by atoms with van der Waals surface area (Å²) in [7, 11) is 0. The Morgan fingerprint density at radius 1 is 1.57 bits per heavy atom. The van der Waals surface area contributed by atoms with Gasteiger partial charge >= 0.3 is 0 Å². The number of nitrogens with two attached hydrogens (primary N) is 1. The number of carbonyl (C=O) groups is 1. The second-order valence-corrected chi connectivity index (χ2v) is 3.10. The third-order valence-corrected chi connectivity index (χ3v) is 1.77. The van der Waals surface area contributed by atoms with Gasteiger partial charge < -0.3 is 5.73 Å². The van der Waals surface area contributed by atoms with E-state index >= 15 is 0 Å². The van der Waals surface area contributed by atoms with E-state index in [1.165, 1.54) is 6.07 Å². The molecular weight excluding hydrogens is 181 g/mol. The third kappa shape index (κ3) is 3.01. The molecule has 0 radical (unpaired) electrons. The van der Waals surface area contributed by atoms with Crippen molar-refractivity contribution in [3.63, 3.8) is 0 Å². The summed E-state index contributed by atoms with van der Waals surface area (Å²) < 4.78 is 13.1. The first-order valence-corrected chi connectivity index (χ1v) is 4.30. The van der Waals surface area contributed by atoms with Gasteiger partial charge in [0.25, 0.3) is 0 Å². The summed E-state index contributed by atoms with van der Waals surface area (Å²) in [5.41, 5.74) is 6.40. The molecule has 1 rings (SSSR count). The average molecular weight is 193 g/mol. The van der Waals surface area contributed by atoms with Crippen LogP contribution in [0.3, 0.4) is 0 Å². The smallest absolute Gasteiger partial charge is 0.221 e. The molecular formula is C11H12FNO. The summed E-state index contributed by atoms with van der Waals surface area (Å²) in [5.74, 6) is -0.717. The SMILES string of the molecule is Cc1ccc(F)c(C=CCC(N)=O)c1. The highest BCUT2D eigenvalue weighted by atomic mass is 19.1. The molecule has 1 aromatic carbocycles. The van der Waals surface area contributed by atoms with Crippen LogP contribution in [0.5, 0.6) is 0 Å². The van der Waals surface area contributed by atoms with Gasteiger partial charge in [0.15, 0.2) is 0 Å². The van der Waals surface area contributed by atoms with Crippen LogP contribution in [-0.4, -0.2) is 5.91 Å². The van der Waals surface area contributed by atoms with Gasteiger partial charge in [0.2, 0.25) is 5.91 Å². The van der Waals surface area contributed by atoms with Crippen LogP contribution in [0.2, 0.25) is 0 Å². The second kappa shape index (κ2) is 4.56. The molecule has 0 aromatic heterocycles. The highest BCUT2D eigenvalue weighted by molar-refractivity contribution is 5.76. The predicted molar refractivity (Wildman–Crippen MR) is 54.0 cm³/mol. The van der Waals surface area contributed by atoms with Gasteiger partial charge in [-0.1, -0.05) is 23.8 Å². The Kier molecular flexibility index (Phi) is 3.40. The van der Waals surface area contributed by atoms with Crippen LogP contribution in [-0.2, 0) is 4.79 Å². The van der Waals surface area contributed by atoms with Crippen LogP contribution in [0.4, 0.5) is 4.39 Å². The number of rotatable bonds is 3. The Morgan fingerprint density at radius 2 is 2.29 bits per heavy atom. The van der Waals surface area contributed by atoms with Crippen molar-refractivity contribution >= 4 is 12.0 Å². The molecule has 0 heterocycles. The molecule has 0 atom stereocenters. The Balaban J connectivity index is 2.80. The molecule has 14 heavy (non-hydrogen) atoms. The Bertz CT molecular complexity index is 372. The van der Waals surface area contributed by atoms with Gasteiger partial charge in [-0.05, 0) is 19.1 Å². The van der Waals surface area contributed by atoms with E-state index < -0.39 is 5.91 Å². The number of hydrogen-bond donors (Lipinski definition) is 1. The number of aryl methyl sites for hydroxylation is 1. The molecule has 0 aliphatic heterocycles. The topological polar surface area (TPSA) is 43.1 Å². The van der Waals surface area contributed by atoms with Crippen molar-refractivity contribution in [1.82, 2.24) is 0 Å². The molecule has 0 saturated carbocycles. The summed E-state index contributed by atoms with van der Waals surface area (Å²) in [6, 6.07) is 4.81. The molecule has 0 bridgehead atoms. The van der Waals surface area contributed by atoms with Gasteiger partial charge in [0.05, 0.1) is 0 Å². The fourth-order valence-corrected chi connectivity index (χ4v) is 1.09. The van der Waals surface area contributed by atoms with E-state index in [4.69, 9.17) is 5.73 Å². The molecule has 1 amide bonds. The first-order chi connectivity index (χ1) is 6.59. The van der Waals surface area contributed by atoms with E-state index in [2.05, 4.69) is 0 Å². The van der Waals surface area contributed by atoms with E-state index in [1.54, 1.807) is 24.3 Å². The first-order valence-electron chi connectivity index (χ1n) is 4.30. The summed E-state index contributed by atoms with van der Waals surface area (Å²) >= 11 is 0. The molecule has 74 valence electrons. The molecule has 0 fully saturated rings. The zero-order chi connectivity index (χ0) is 10.6. The van der Waals surface area contributed by atoms with Crippen molar-refractivity contribution in [2.24, 2.45) is 5.73 Å². The maximum absolute atomic E-state index is 13.1. The third-order valence-electron chi connectivity index (χ3n) is 1.77. The fourth-order valence-electron chi connectivity index (χ4n) is 1.09. The number of carbonyl (C=O) groups excluding carboxylic acids is 1. The quantitative estimate of drug-likeness (QED) is 0.784. The van der Waals surface area contributed by atoms with E-state index in [0.29, 0.717) is 5.56 Å². The molecule has 0 spiro atoms. The Morgan fingerprint density at radius 3 is 2.93 bits per heavy atom. The van der Waals surface area contributed by atoms with E-state index in [0.717, 1.165) is 5.56 Å². The van der Waals surface area contributed by atoms with Gasteiger partial charge in [-0.25, -0.2) is 4.39 Å². The lowest BCUT2D eigenvalue weighted by atomic mass is 10.1. The highest BCUT2D eigenvalue weighted by Gasteiger charge is 1.97. The van der Waals surface area contributed by atoms with Crippen LogP contribution < -0.4 is 5.73 Å². The summed E-state index contributed by atoms with van der Waals surface area (Å²) in [4.78, 5) is 10.4. The lowest BCUT2D eigenvalue weighted by molar-refractivity contribution is -0.117. The maximum atomic E-state index is 13.1. The van der Waals surface area contributed by atoms with Crippen molar-refractivity contribution in [1.29, 1.82) is 0 Å². The first kappa shape index (κ1) is 10.4. The lowest BCUT2D eigenvalue weighted by Gasteiger charge is -1.98. The zero-order valence-electron chi connectivity index (χ0n) is 7.96. The average Bonchev–Trinajstić information content (AvgIpc) is 2.10. The zero-order valence-corrected chi connectivity index (χ0v) is 7.96. The maximum Gasteiger partial charge on any atom is 0.221 e. The molecule has 2 nitrogen and oxygen atoms in total. The van der Waals surface area contributed by atoms with Gasteiger partial charge in [-0.3, -0.25) is 4.79 Å². The molecule has 1 aromatic rings. The minimum atomic E-state index is -0.422. The van der Waals surface area contributed by atoms with E-state index in [9.17, 15) is 9.18 Å². The summed E-state index contributed by atoms with van der Waals surface area (Å²) in [6.07, 6.45) is 3.25. The molecule has 0 saturated heterocycles. The largest absolute Gasteiger partial charge is 0.369 e. The monoisotopic (exact) mass is 193 g/mol. The van der Waals surface area contributed by atoms with Crippen molar-refractivity contribution in [3.8, 4) is 0 Å². The van der Waals surface area contributed by atoms with Crippen LogP contribution in [0.15, 0.2) is 24.3 Å². The Hall–Kier alpha value is -1.64. The molecule has 2 N–H and O–H groups in total. The fraction of sp³-hybridized carbons (Fsp3) is 0.182. The van der Waals surface area contributed by atoms with Crippen LogP contribution in [0.1, 0.15) is 17.5 Å². The molecule has 0 aliphatic rings. The predicted octanol–water partition coefficient (Wildman–Crippen LogP) is 2.02. The van der Waals surface area contributed by atoms with Crippen molar-refractivity contribution < 1.29 is 9.18 Å². The van der Waals surface area contributed by atoms with Crippen LogP contribution >= 0.6 is 0 Å². The van der Waals surface area contributed by atoms with Gasteiger partial charge in [0.1, 0.15) is 5.82 Å². The molecule has 0 aliphatic carbocycles. The van der Waals surface area contributed by atoms with Gasteiger partial charge in [0, 0.05) is 12.0 Å². The van der Waals surface area contributed by atoms with Crippen molar-refractivity contribution in [2.75, 3.05) is 0 Å². The minimum absolute atomic E-state index is 0.132. The lowest BCUT2D eigenvalue weighted by Crippen LogP contribution is -2.07. The molecule has 3 heteroatoms. The molecule has 0 unspecified atom stereocenters. The van der Waals surface area contributed by atoms with E-state index in [1.807, 2.05) is 6.92 Å². The van der Waals surface area contributed by atoms with Gasteiger partial charge in [-0.15, -0.1) is 0 Å². The van der Waals surface area contributed by atoms with Crippen molar-refractivity contribution in [3.05, 3.63) is 41.2 Å². The second-order valence-electron chi connectivity index (χ2n) is 3.10. The number of amides is 1. The number of halogens is 1. The standard InChI is InChI=1S/C11H12FNO/c1-8-5-6-10(12)9(7-8)3-2-4-11(13)14/h2-3,5-7H,4H2,1H3,(H2,13,14). The summed E-state index contributed by atoms with van der Waals surface area (Å²) in [6.45, 7) is 1.88. The summed E-state index contributed by atoms with van der Waals surface area (Å²) in [5, 5.41) is 0.